The Balaban J connectivity index is 2.90. The normalized spacial score (nSPS) is 29.4. The Labute approximate surface area is 101 Å². The smallest absolute Gasteiger partial charge is 0.345 e. The van der Waals surface area contributed by atoms with E-state index >= 15 is 0 Å². The third-order valence-electron chi connectivity index (χ3n) is 2.58. The van der Waals surface area contributed by atoms with Gasteiger partial charge in [0, 0.05) is 6.42 Å². The lowest BCUT2D eigenvalue weighted by molar-refractivity contribution is -0.149. The minimum absolute atomic E-state index is 0.139. The zero-order valence-electron chi connectivity index (χ0n) is 10.3. The molecule has 1 fully saturated rings. The van der Waals surface area contributed by atoms with Gasteiger partial charge in [0.2, 0.25) is 0 Å². The summed E-state index contributed by atoms with van der Waals surface area (Å²) in [6.45, 7) is 5.02. The highest BCUT2D eigenvalue weighted by Gasteiger charge is 2.53. The number of hydrogen-bond acceptors (Lipinski definition) is 6. The van der Waals surface area contributed by atoms with Crippen molar-refractivity contribution in [2.24, 2.45) is 0 Å². The quantitative estimate of drug-likeness (QED) is 0.576. The molecule has 1 heterocycles. The van der Waals surface area contributed by atoms with Crippen LogP contribution in [0, 0.1) is 0 Å². The molecule has 1 aliphatic heterocycles. The SMILES string of the molecule is CCOP(=O)(OCC)C1CC(C)(CO)OC1=O. The first kappa shape index (κ1) is 14.6. The Bertz CT molecular complexity index is 321. The van der Waals surface area contributed by atoms with Crippen molar-refractivity contribution >= 4 is 13.6 Å². The highest BCUT2D eigenvalue weighted by atomic mass is 31.2. The van der Waals surface area contributed by atoms with Crippen molar-refractivity contribution in [1.82, 2.24) is 0 Å². The molecular formula is C10H19O6P. The predicted molar refractivity (Wildman–Crippen MR) is 60.8 cm³/mol. The number of aliphatic hydroxyl groups is 1. The van der Waals surface area contributed by atoms with Gasteiger partial charge in [-0.25, -0.2) is 0 Å². The van der Waals surface area contributed by atoms with Gasteiger partial charge in [-0.1, -0.05) is 0 Å². The molecule has 0 saturated carbocycles. The molecule has 6 nitrogen and oxygen atoms in total. The summed E-state index contributed by atoms with van der Waals surface area (Å²) < 4.78 is 27.7. The van der Waals surface area contributed by atoms with Crippen LogP contribution in [0.3, 0.4) is 0 Å². The average Bonchev–Trinajstić information content (AvgIpc) is 2.57. The molecule has 0 aromatic carbocycles. The molecule has 100 valence electrons. The van der Waals surface area contributed by atoms with E-state index in [-0.39, 0.29) is 26.2 Å². The molecule has 1 aliphatic rings. The van der Waals surface area contributed by atoms with Gasteiger partial charge in [-0.2, -0.15) is 0 Å². The van der Waals surface area contributed by atoms with Gasteiger partial charge in [0.15, 0.2) is 5.66 Å². The van der Waals surface area contributed by atoms with Crippen LogP contribution in [0.15, 0.2) is 0 Å². The van der Waals surface area contributed by atoms with E-state index in [1.165, 1.54) is 0 Å². The summed E-state index contributed by atoms with van der Waals surface area (Å²) in [5.41, 5.74) is -1.94. The molecule has 1 saturated heterocycles. The van der Waals surface area contributed by atoms with Crippen LogP contribution in [-0.4, -0.2) is 42.2 Å². The standard InChI is InChI=1S/C10H19O6P/c1-4-14-17(13,15-5-2)8-6-10(3,7-11)16-9(8)12/h8,11H,4-7H2,1-3H3. The first-order valence-corrected chi connectivity index (χ1v) is 7.24. The number of cyclic esters (lactones) is 1. The van der Waals surface area contributed by atoms with E-state index in [1.54, 1.807) is 20.8 Å². The van der Waals surface area contributed by atoms with Gasteiger partial charge in [-0.15, -0.1) is 0 Å². The molecule has 0 aliphatic carbocycles. The molecule has 0 spiro atoms. The molecule has 0 radical (unpaired) electrons. The Morgan fingerprint density at radius 1 is 1.47 bits per heavy atom. The lowest BCUT2D eigenvalue weighted by Crippen LogP contribution is -2.28. The van der Waals surface area contributed by atoms with Crippen LogP contribution < -0.4 is 0 Å². The number of rotatable bonds is 6. The summed E-state index contributed by atoms with van der Waals surface area (Å²) in [4.78, 5) is 11.7. The molecule has 0 aromatic heterocycles. The predicted octanol–water partition coefficient (Wildman–Crippen LogP) is 1.32. The maximum atomic E-state index is 12.4. The number of ether oxygens (including phenoxy) is 1. The van der Waals surface area contributed by atoms with Crippen LogP contribution in [-0.2, 0) is 23.1 Å². The summed E-state index contributed by atoms with van der Waals surface area (Å²) in [6, 6.07) is 0. The molecule has 17 heavy (non-hydrogen) atoms. The van der Waals surface area contributed by atoms with Gasteiger partial charge in [-0.3, -0.25) is 9.36 Å². The highest BCUT2D eigenvalue weighted by molar-refractivity contribution is 7.55. The second-order valence-electron chi connectivity index (χ2n) is 4.12. The fourth-order valence-corrected chi connectivity index (χ4v) is 3.83. The summed E-state index contributed by atoms with van der Waals surface area (Å²) in [5.74, 6) is -0.633. The summed E-state index contributed by atoms with van der Waals surface area (Å²) in [7, 11) is -3.50. The van der Waals surface area contributed by atoms with Crippen LogP contribution in [0.4, 0.5) is 0 Å². The summed E-state index contributed by atoms with van der Waals surface area (Å²) in [5, 5.41) is 9.14. The van der Waals surface area contributed by atoms with Gasteiger partial charge in [-0.05, 0) is 20.8 Å². The van der Waals surface area contributed by atoms with Gasteiger partial charge < -0.3 is 18.9 Å². The fraction of sp³-hybridized carbons (Fsp3) is 0.900. The van der Waals surface area contributed by atoms with E-state index < -0.39 is 24.8 Å². The minimum atomic E-state index is -3.50. The monoisotopic (exact) mass is 266 g/mol. The van der Waals surface area contributed by atoms with Gasteiger partial charge in [0.05, 0.1) is 19.8 Å². The van der Waals surface area contributed by atoms with Crippen LogP contribution in [0.25, 0.3) is 0 Å². The topological polar surface area (TPSA) is 82.1 Å². The van der Waals surface area contributed by atoms with Gasteiger partial charge in [0.25, 0.3) is 0 Å². The molecule has 0 aromatic rings. The van der Waals surface area contributed by atoms with Crippen molar-refractivity contribution in [3.63, 3.8) is 0 Å². The van der Waals surface area contributed by atoms with E-state index in [0.29, 0.717) is 0 Å². The third kappa shape index (κ3) is 3.07. The second-order valence-corrected chi connectivity index (χ2v) is 6.34. The minimum Gasteiger partial charge on any atom is -0.456 e. The molecule has 2 atom stereocenters. The number of aliphatic hydroxyl groups excluding tert-OH is 1. The second kappa shape index (κ2) is 5.48. The van der Waals surface area contributed by atoms with Gasteiger partial charge >= 0.3 is 13.6 Å². The van der Waals surface area contributed by atoms with Crippen molar-refractivity contribution in [2.45, 2.75) is 38.5 Å². The number of carbonyl (C=O) groups excluding carboxylic acids is 1. The van der Waals surface area contributed by atoms with Crippen molar-refractivity contribution in [2.75, 3.05) is 19.8 Å². The first-order chi connectivity index (χ1) is 7.90. The number of esters is 1. The van der Waals surface area contributed by atoms with Crippen LogP contribution >= 0.6 is 7.60 Å². The summed E-state index contributed by atoms with van der Waals surface area (Å²) in [6.07, 6.45) is 0.139. The molecule has 2 unspecified atom stereocenters. The lowest BCUT2D eigenvalue weighted by Gasteiger charge is -2.21. The van der Waals surface area contributed by atoms with Crippen LogP contribution in [0.2, 0.25) is 0 Å². The zero-order chi connectivity index (χ0) is 13.1. The van der Waals surface area contributed by atoms with E-state index in [0.717, 1.165) is 0 Å². The maximum absolute atomic E-state index is 12.4. The van der Waals surface area contributed by atoms with Crippen molar-refractivity contribution in [1.29, 1.82) is 0 Å². The molecule has 0 amide bonds. The molecule has 1 rings (SSSR count). The van der Waals surface area contributed by atoms with Crippen molar-refractivity contribution < 1.29 is 28.3 Å². The van der Waals surface area contributed by atoms with Gasteiger partial charge in [0.1, 0.15) is 5.60 Å². The Kier molecular flexibility index (Phi) is 4.72. The van der Waals surface area contributed by atoms with E-state index in [9.17, 15) is 9.36 Å². The lowest BCUT2D eigenvalue weighted by atomic mass is 10.0. The molecule has 0 bridgehead atoms. The summed E-state index contributed by atoms with van der Waals surface area (Å²) >= 11 is 0. The molecule has 1 N–H and O–H groups in total. The first-order valence-electron chi connectivity index (χ1n) is 5.63. The van der Waals surface area contributed by atoms with Crippen LogP contribution in [0.5, 0.6) is 0 Å². The van der Waals surface area contributed by atoms with Crippen molar-refractivity contribution in [3.05, 3.63) is 0 Å². The average molecular weight is 266 g/mol. The largest absolute Gasteiger partial charge is 0.456 e. The molecular weight excluding hydrogens is 247 g/mol. The highest BCUT2D eigenvalue weighted by Crippen LogP contribution is 2.58. The Hall–Kier alpha value is -0.420. The number of hydrogen-bond donors (Lipinski definition) is 1. The third-order valence-corrected chi connectivity index (χ3v) is 4.97. The van der Waals surface area contributed by atoms with Crippen LogP contribution in [0.1, 0.15) is 27.2 Å². The zero-order valence-corrected chi connectivity index (χ0v) is 11.2. The number of carbonyl (C=O) groups is 1. The Morgan fingerprint density at radius 2 is 2.00 bits per heavy atom. The fourth-order valence-electron chi connectivity index (χ4n) is 1.76. The van der Waals surface area contributed by atoms with Crippen molar-refractivity contribution in [3.8, 4) is 0 Å². The maximum Gasteiger partial charge on any atom is 0.345 e. The molecule has 7 heteroatoms. The Morgan fingerprint density at radius 3 is 2.35 bits per heavy atom. The van der Waals surface area contributed by atoms with E-state index in [1.807, 2.05) is 0 Å². The van der Waals surface area contributed by atoms with E-state index in [2.05, 4.69) is 0 Å². The van der Waals surface area contributed by atoms with E-state index in [4.69, 9.17) is 18.9 Å².